The summed E-state index contributed by atoms with van der Waals surface area (Å²) in [7, 11) is 1.37. The van der Waals surface area contributed by atoms with Crippen LogP contribution in [0.1, 0.15) is 16.7 Å². The monoisotopic (exact) mass is 256 g/mol. The summed E-state index contributed by atoms with van der Waals surface area (Å²) < 4.78 is 74.5. The van der Waals surface area contributed by atoms with Crippen LogP contribution in [0.25, 0.3) is 5.32 Å². The van der Waals surface area contributed by atoms with Gasteiger partial charge < -0.3 is 5.32 Å². The lowest BCUT2D eigenvalue weighted by atomic mass is 10.0. The predicted octanol–water partition coefficient (Wildman–Crippen LogP) is 4.23. The first kappa shape index (κ1) is 13.8. The van der Waals surface area contributed by atoms with Crippen molar-refractivity contribution < 1.29 is 26.3 Å². The van der Waals surface area contributed by atoms with Gasteiger partial charge in [0.2, 0.25) is 0 Å². The lowest BCUT2D eigenvalue weighted by Gasteiger charge is -2.18. The fourth-order valence-corrected chi connectivity index (χ4v) is 1.35. The van der Waals surface area contributed by atoms with E-state index in [0.717, 1.165) is 6.07 Å². The average molecular weight is 256 g/mol. The van der Waals surface area contributed by atoms with Crippen molar-refractivity contribution in [3.8, 4) is 0 Å². The molecule has 0 spiro atoms. The molecule has 0 atom stereocenters. The first-order chi connectivity index (χ1) is 7.66. The molecular weight excluding hydrogens is 248 g/mol. The minimum Gasteiger partial charge on any atom is -0.661 e. The topological polar surface area (TPSA) is 14.1 Å². The van der Waals surface area contributed by atoms with Crippen molar-refractivity contribution in [1.82, 2.24) is 0 Å². The van der Waals surface area contributed by atoms with E-state index in [1.807, 2.05) is 0 Å². The largest absolute Gasteiger partial charge is 0.661 e. The highest BCUT2D eigenvalue weighted by Crippen LogP contribution is 2.40. The Labute approximate surface area is 93.4 Å². The van der Waals surface area contributed by atoms with Crippen LogP contribution in [0.5, 0.6) is 0 Å². The lowest BCUT2D eigenvalue weighted by molar-refractivity contribution is -0.162. The van der Waals surface area contributed by atoms with Crippen LogP contribution in [0.3, 0.4) is 0 Å². The highest BCUT2D eigenvalue weighted by atomic mass is 19.4. The lowest BCUT2D eigenvalue weighted by Crippen LogP contribution is -2.16. The number of nitrogens with zero attached hydrogens (tertiary/aromatic N) is 1. The van der Waals surface area contributed by atoms with Gasteiger partial charge in [-0.2, -0.15) is 33.4 Å². The minimum absolute atomic E-state index is 0.0543. The molecule has 1 aromatic carbocycles. The molecule has 0 aliphatic rings. The maximum absolute atomic E-state index is 12.5. The van der Waals surface area contributed by atoms with Gasteiger partial charge in [-0.3, -0.25) is 0 Å². The van der Waals surface area contributed by atoms with Gasteiger partial charge in [-0.1, -0.05) is 11.6 Å². The molecule has 0 bridgehead atoms. The first-order valence-electron chi connectivity index (χ1n) is 4.49. The van der Waals surface area contributed by atoms with E-state index in [-0.39, 0.29) is 12.1 Å². The zero-order valence-electron chi connectivity index (χ0n) is 8.65. The van der Waals surface area contributed by atoms with Crippen LogP contribution in [0.4, 0.5) is 26.3 Å². The third-order valence-corrected chi connectivity index (χ3v) is 2.04. The highest BCUT2D eigenvalue weighted by Gasteiger charge is 2.42. The minimum atomic E-state index is -5.03. The molecule has 7 heteroatoms. The Kier molecular flexibility index (Phi) is 3.71. The number of halogens is 6. The second kappa shape index (κ2) is 4.56. The van der Waals surface area contributed by atoms with Crippen molar-refractivity contribution in [2.75, 3.05) is 7.05 Å². The summed E-state index contributed by atoms with van der Waals surface area (Å²) in [6, 6.07) is 1.91. The van der Waals surface area contributed by atoms with Crippen LogP contribution in [0.15, 0.2) is 18.2 Å². The third-order valence-electron chi connectivity index (χ3n) is 2.04. The molecule has 0 heterocycles. The SMILES string of the molecule is C[N-]Cc1ccc(C(F)(F)F)c(C(F)(F)F)c1. The van der Waals surface area contributed by atoms with E-state index in [0.29, 0.717) is 12.1 Å². The summed E-state index contributed by atoms with van der Waals surface area (Å²) in [5.41, 5.74) is -3.26. The fourth-order valence-electron chi connectivity index (χ4n) is 1.35. The van der Waals surface area contributed by atoms with E-state index < -0.39 is 23.5 Å². The molecule has 0 saturated carbocycles. The van der Waals surface area contributed by atoms with E-state index in [1.165, 1.54) is 7.05 Å². The molecule has 0 saturated heterocycles. The number of alkyl halides is 6. The first-order valence-corrected chi connectivity index (χ1v) is 4.49. The summed E-state index contributed by atoms with van der Waals surface area (Å²) in [5, 5.41) is 3.57. The fraction of sp³-hybridized carbons (Fsp3) is 0.400. The molecule has 1 aromatic rings. The van der Waals surface area contributed by atoms with Gasteiger partial charge in [-0.15, -0.1) is 6.54 Å². The van der Waals surface area contributed by atoms with Gasteiger partial charge in [0, 0.05) is 0 Å². The highest BCUT2D eigenvalue weighted by molar-refractivity contribution is 5.36. The van der Waals surface area contributed by atoms with Crippen molar-refractivity contribution in [2.24, 2.45) is 0 Å². The molecular formula is C10H8F6N-. The van der Waals surface area contributed by atoms with E-state index in [9.17, 15) is 26.3 Å². The molecule has 0 aliphatic carbocycles. The Morgan fingerprint density at radius 3 is 1.88 bits per heavy atom. The van der Waals surface area contributed by atoms with Crippen molar-refractivity contribution in [1.29, 1.82) is 0 Å². The molecule has 0 aromatic heterocycles. The van der Waals surface area contributed by atoms with Gasteiger partial charge in [0.05, 0.1) is 11.1 Å². The van der Waals surface area contributed by atoms with Gasteiger partial charge >= 0.3 is 12.4 Å². The Morgan fingerprint density at radius 2 is 1.47 bits per heavy atom. The Morgan fingerprint density at radius 1 is 0.941 bits per heavy atom. The second-order valence-electron chi connectivity index (χ2n) is 3.35. The number of hydrogen-bond donors (Lipinski definition) is 0. The van der Waals surface area contributed by atoms with Gasteiger partial charge in [0.15, 0.2) is 0 Å². The van der Waals surface area contributed by atoms with Crippen LogP contribution >= 0.6 is 0 Å². The Balaban J connectivity index is 3.33. The number of hydrogen-bond acceptors (Lipinski definition) is 0. The molecule has 0 radical (unpaired) electrons. The van der Waals surface area contributed by atoms with Gasteiger partial charge in [0.1, 0.15) is 0 Å². The molecule has 1 rings (SSSR count). The number of benzene rings is 1. The predicted molar refractivity (Wildman–Crippen MR) is 49.4 cm³/mol. The van der Waals surface area contributed by atoms with Crippen LogP contribution < -0.4 is 0 Å². The zero-order valence-corrected chi connectivity index (χ0v) is 8.65. The standard InChI is InChI=1S/C10H8F6N/c1-17-5-6-2-3-7(9(11,12)13)8(4-6)10(14,15)16/h2-4H,5H2,1H3/q-1. The molecule has 96 valence electrons. The van der Waals surface area contributed by atoms with Crippen LogP contribution in [-0.2, 0) is 18.9 Å². The maximum Gasteiger partial charge on any atom is 0.417 e. The van der Waals surface area contributed by atoms with E-state index in [1.54, 1.807) is 0 Å². The third kappa shape index (κ3) is 3.36. The molecule has 1 nitrogen and oxygen atoms in total. The molecule has 0 N–H and O–H groups in total. The van der Waals surface area contributed by atoms with Crippen LogP contribution in [-0.4, -0.2) is 7.05 Å². The molecule has 17 heavy (non-hydrogen) atoms. The Hall–Kier alpha value is -1.24. The maximum atomic E-state index is 12.5. The van der Waals surface area contributed by atoms with Crippen molar-refractivity contribution in [2.45, 2.75) is 18.9 Å². The average Bonchev–Trinajstić information content (AvgIpc) is 2.15. The zero-order chi connectivity index (χ0) is 13.3. The Bertz CT molecular complexity index is 393. The van der Waals surface area contributed by atoms with Crippen LogP contribution in [0, 0.1) is 0 Å². The molecule has 0 unspecified atom stereocenters. The summed E-state index contributed by atoms with van der Waals surface area (Å²) in [6.45, 7) is -0.0543. The second-order valence-corrected chi connectivity index (χ2v) is 3.35. The summed E-state index contributed by atoms with van der Waals surface area (Å²) in [4.78, 5) is 0. The molecule has 0 aliphatic heterocycles. The quantitative estimate of drug-likeness (QED) is 0.703. The van der Waals surface area contributed by atoms with Crippen molar-refractivity contribution in [3.05, 3.63) is 40.2 Å². The van der Waals surface area contributed by atoms with Gasteiger partial charge in [-0.25, -0.2) is 0 Å². The molecule has 0 amide bonds. The normalized spacial score (nSPS) is 12.9. The van der Waals surface area contributed by atoms with E-state index >= 15 is 0 Å². The molecule has 0 fully saturated rings. The van der Waals surface area contributed by atoms with Crippen molar-refractivity contribution in [3.63, 3.8) is 0 Å². The summed E-state index contributed by atoms with van der Waals surface area (Å²) >= 11 is 0. The summed E-state index contributed by atoms with van der Waals surface area (Å²) in [6.07, 6.45) is -10.1. The van der Waals surface area contributed by atoms with Gasteiger partial charge in [-0.05, 0) is 12.1 Å². The van der Waals surface area contributed by atoms with Crippen molar-refractivity contribution >= 4 is 0 Å². The van der Waals surface area contributed by atoms with E-state index in [4.69, 9.17) is 0 Å². The van der Waals surface area contributed by atoms with Crippen LogP contribution in [0.2, 0.25) is 0 Å². The smallest absolute Gasteiger partial charge is 0.417 e. The van der Waals surface area contributed by atoms with Gasteiger partial charge in [0.25, 0.3) is 0 Å². The number of rotatable bonds is 2. The summed E-state index contributed by atoms with van der Waals surface area (Å²) in [5.74, 6) is 0. The van der Waals surface area contributed by atoms with E-state index in [2.05, 4.69) is 5.32 Å².